The maximum atomic E-state index is 13.6. The van der Waals surface area contributed by atoms with Gasteiger partial charge in [0, 0.05) is 26.2 Å². The zero-order valence-corrected chi connectivity index (χ0v) is 18.4. The molecule has 0 bridgehead atoms. The van der Waals surface area contributed by atoms with Crippen LogP contribution in [-0.4, -0.2) is 57.2 Å². The Balaban J connectivity index is 1.70. The molecule has 3 heterocycles. The number of hydrogen-bond donors (Lipinski definition) is 1. The molecule has 30 heavy (non-hydrogen) atoms. The Morgan fingerprint density at radius 1 is 1.30 bits per heavy atom. The summed E-state index contributed by atoms with van der Waals surface area (Å²) in [5.41, 5.74) is 0.651. The molecule has 2 amide bonds. The molecule has 0 radical (unpaired) electrons. The standard InChI is InChI=1S/C19H27FN6O3S/c1-13(20)16-11-17(25(4)24-16)30(28,29)19(2,3)14-6-9-26(10-7-14)18(27)23-15-5-8-21-22-12-15/h5,8,11-14H,6-7,9-10H2,1-4H3,(H,21,23,27). The first-order chi connectivity index (χ1) is 14.0. The van der Waals surface area contributed by atoms with Crippen LogP contribution >= 0.6 is 0 Å². The van der Waals surface area contributed by atoms with E-state index in [4.69, 9.17) is 0 Å². The van der Waals surface area contributed by atoms with E-state index in [9.17, 15) is 17.6 Å². The Kier molecular flexibility index (Phi) is 6.11. The van der Waals surface area contributed by atoms with Crippen LogP contribution in [0.4, 0.5) is 14.9 Å². The van der Waals surface area contributed by atoms with Gasteiger partial charge in [0.1, 0.15) is 6.17 Å². The number of likely N-dealkylation sites (tertiary alicyclic amines) is 1. The smallest absolute Gasteiger partial charge is 0.321 e. The van der Waals surface area contributed by atoms with Crippen molar-refractivity contribution in [1.82, 2.24) is 24.9 Å². The number of aryl methyl sites for hydroxylation is 1. The quantitative estimate of drug-likeness (QED) is 0.769. The molecule has 2 aromatic rings. The van der Waals surface area contributed by atoms with E-state index in [0.29, 0.717) is 31.6 Å². The fourth-order valence-corrected chi connectivity index (χ4v) is 5.63. The molecule has 0 aliphatic carbocycles. The van der Waals surface area contributed by atoms with E-state index in [1.54, 1.807) is 24.8 Å². The van der Waals surface area contributed by atoms with Crippen molar-refractivity contribution in [3.05, 3.63) is 30.2 Å². The Morgan fingerprint density at radius 3 is 2.50 bits per heavy atom. The summed E-state index contributed by atoms with van der Waals surface area (Å²) in [5.74, 6) is -0.157. The van der Waals surface area contributed by atoms with Crippen LogP contribution in [0.5, 0.6) is 0 Å². The SMILES string of the molecule is CC(F)c1cc(S(=O)(=O)C(C)(C)C2CCN(C(=O)Nc3ccnnc3)CC2)n(C)n1. The summed E-state index contributed by atoms with van der Waals surface area (Å²) < 4.78 is 40.5. The number of nitrogens with zero attached hydrogens (tertiary/aromatic N) is 5. The summed E-state index contributed by atoms with van der Waals surface area (Å²) in [6, 6.07) is 2.70. The number of halogens is 1. The number of sulfone groups is 1. The fraction of sp³-hybridized carbons (Fsp3) is 0.579. The zero-order valence-electron chi connectivity index (χ0n) is 17.5. The highest BCUT2D eigenvalue weighted by atomic mass is 32.2. The Bertz CT molecular complexity index is 999. The minimum atomic E-state index is -3.77. The van der Waals surface area contributed by atoms with Gasteiger partial charge < -0.3 is 10.2 Å². The first kappa shape index (κ1) is 22.1. The number of piperidine rings is 1. The van der Waals surface area contributed by atoms with Crippen molar-refractivity contribution in [2.24, 2.45) is 13.0 Å². The van der Waals surface area contributed by atoms with Gasteiger partial charge in [-0.05, 0) is 45.6 Å². The lowest BCUT2D eigenvalue weighted by molar-refractivity contribution is 0.171. The lowest BCUT2D eigenvalue weighted by Gasteiger charge is -2.39. The van der Waals surface area contributed by atoms with E-state index in [1.807, 2.05) is 0 Å². The highest BCUT2D eigenvalue weighted by Gasteiger charge is 2.45. The van der Waals surface area contributed by atoms with Crippen LogP contribution < -0.4 is 5.32 Å². The number of hydrogen-bond acceptors (Lipinski definition) is 6. The van der Waals surface area contributed by atoms with Crippen molar-refractivity contribution in [3.8, 4) is 0 Å². The summed E-state index contributed by atoms with van der Waals surface area (Å²) in [6.07, 6.45) is 2.68. The second-order valence-electron chi connectivity index (χ2n) is 8.08. The zero-order chi connectivity index (χ0) is 22.1. The van der Waals surface area contributed by atoms with E-state index in [2.05, 4.69) is 20.6 Å². The monoisotopic (exact) mass is 438 g/mol. The lowest BCUT2D eigenvalue weighted by Crippen LogP contribution is -2.48. The molecule has 2 aromatic heterocycles. The van der Waals surface area contributed by atoms with E-state index in [0.717, 1.165) is 0 Å². The van der Waals surface area contributed by atoms with E-state index in [-0.39, 0.29) is 22.7 Å². The Labute approximate surface area is 175 Å². The minimum Gasteiger partial charge on any atom is -0.325 e. The first-order valence-corrected chi connectivity index (χ1v) is 11.3. The fourth-order valence-electron chi connectivity index (χ4n) is 3.75. The number of alkyl halides is 1. The second kappa shape index (κ2) is 8.29. The number of aromatic nitrogens is 4. The summed E-state index contributed by atoms with van der Waals surface area (Å²) >= 11 is 0. The van der Waals surface area contributed by atoms with E-state index < -0.39 is 20.8 Å². The maximum absolute atomic E-state index is 13.6. The van der Waals surface area contributed by atoms with Gasteiger partial charge in [-0.3, -0.25) is 4.68 Å². The van der Waals surface area contributed by atoms with Crippen molar-refractivity contribution in [2.45, 2.75) is 49.6 Å². The number of carbonyl (C=O) groups is 1. The third kappa shape index (κ3) is 4.16. The van der Waals surface area contributed by atoms with Crippen molar-refractivity contribution in [3.63, 3.8) is 0 Å². The number of nitrogens with one attached hydrogen (secondary N) is 1. The average Bonchev–Trinajstić information content (AvgIpc) is 3.11. The molecule has 0 saturated carbocycles. The van der Waals surface area contributed by atoms with Gasteiger partial charge in [-0.25, -0.2) is 17.6 Å². The number of amides is 2. The Hall–Kier alpha value is -2.56. The van der Waals surface area contributed by atoms with Gasteiger partial charge in [0.15, 0.2) is 5.03 Å². The van der Waals surface area contributed by atoms with Gasteiger partial charge in [-0.2, -0.15) is 15.3 Å². The average molecular weight is 439 g/mol. The molecule has 164 valence electrons. The van der Waals surface area contributed by atoms with Crippen LogP contribution in [0, 0.1) is 5.92 Å². The normalized spacial score (nSPS) is 17.0. The molecular formula is C19H27FN6O3S. The van der Waals surface area contributed by atoms with Gasteiger partial charge in [0.05, 0.1) is 28.5 Å². The number of urea groups is 1. The number of carbonyl (C=O) groups excluding carboxylic acids is 1. The lowest BCUT2D eigenvalue weighted by atomic mass is 9.86. The summed E-state index contributed by atoms with van der Waals surface area (Å²) in [7, 11) is -2.26. The number of rotatable bonds is 5. The maximum Gasteiger partial charge on any atom is 0.321 e. The summed E-state index contributed by atoms with van der Waals surface area (Å²) in [4.78, 5) is 14.1. The third-order valence-electron chi connectivity index (χ3n) is 5.83. The molecule has 11 heteroatoms. The molecule has 0 spiro atoms. The molecule has 1 aliphatic heterocycles. The molecule has 1 unspecified atom stereocenters. The minimum absolute atomic E-state index is 0.0114. The van der Waals surface area contributed by atoms with Gasteiger partial charge in [0.2, 0.25) is 9.84 Å². The third-order valence-corrected chi connectivity index (χ3v) is 8.48. The number of anilines is 1. The molecule has 1 N–H and O–H groups in total. The van der Waals surface area contributed by atoms with Crippen LogP contribution in [0.15, 0.2) is 29.6 Å². The van der Waals surface area contributed by atoms with Gasteiger partial charge in [-0.15, -0.1) is 0 Å². The molecular weight excluding hydrogens is 411 g/mol. The van der Waals surface area contributed by atoms with Crippen molar-refractivity contribution in [2.75, 3.05) is 18.4 Å². The van der Waals surface area contributed by atoms with Crippen molar-refractivity contribution < 1.29 is 17.6 Å². The van der Waals surface area contributed by atoms with E-state index >= 15 is 0 Å². The first-order valence-electron chi connectivity index (χ1n) is 9.79. The molecule has 1 saturated heterocycles. The van der Waals surface area contributed by atoms with Gasteiger partial charge in [-0.1, -0.05) is 0 Å². The Morgan fingerprint density at radius 2 is 1.97 bits per heavy atom. The summed E-state index contributed by atoms with van der Waals surface area (Å²) in [5, 5.41) is 14.2. The molecule has 1 atom stereocenters. The molecule has 0 aromatic carbocycles. The molecule has 9 nitrogen and oxygen atoms in total. The largest absolute Gasteiger partial charge is 0.325 e. The predicted octanol–water partition coefficient (Wildman–Crippen LogP) is 2.74. The van der Waals surface area contributed by atoms with Crippen LogP contribution in [0.1, 0.15) is 45.5 Å². The molecule has 1 fully saturated rings. The molecule has 3 rings (SSSR count). The van der Waals surface area contributed by atoms with Crippen LogP contribution in [0.2, 0.25) is 0 Å². The van der Waals surface area contributed by atoms with Crippen LogP contribution in [-0.2, 0) is 16.9 Å². The van der Waals surface area contributed by atoms with Gasteiger partial charge in [0.25, 0.3) is 0 Å². The second-order valence-corrected chi connectivity index (χ2v) is 10.6. The van der Waals surface area contributed by atoms with E-state index in [1.165, 1.54) is 37.1 Å². The molecule has 1 aliphatic rings. The highest BCUT2D eigenvalue weighted by Crippen LogP contribution is 2.38. The highest BCUT2D eigenvalue weighted by molar-refractivity contribution is 7.92. The summed E-state index contributed by atoms with van der Waals surface area (Å²) in [6.45, 7) is 5.58. The van der Waals surface area contributed by atoms with Crippen molar-refractivity contribution in [1.29, 1.82) is 0 Å². The van der Waals surface area contributed by atoms with Crippen molar-refractivity contribution >= 4 is 21.6 Å². The van der Waals surface area contributed by atoms with Gasteiger partial charge >= 0.3 is 6.03 Å². The topological polar surface area (TPSA) is 110 Å². The van der Waals surface area contributed by atoms with Crippen LogP contribution in [0.25, 0.3) is 0 Å². The predicted molar refractivity (Wildman–Crippen MR) is 109 cm³/mol. The van der Waals surface area contributed by atoms with Crippen LogP contribution in [0.3, 0.4) is 0 Å².